The zero-order valence-corrected chi connectivity index (χ0v) is 17.3. The molecule has 146 valence electrons. The van der Waals surface area contributed by atoms with Crippen LogP contribution in [0.25, 0.3) is 11.0 Å². The molecule has 1 aromatic heterocycles. The van der Waals surface area contributed by atoms with Gasteiger partial charge in [0, 0.05) is 11.6 Å². The van der Waals surface area contributed by atoms with Crippen molar-refractivity contribution >= 4 is 34.4 Å². The van der Waals surface area contributed by atoms with Crippen molar-refractivity contribution in [1.29, 1.82) is 0 Å². The largest absolute Gasteiger partial charge is 0.458 e. The normalized spacial score (nSPS) is 11.1. The number of rotatable bonds is 6. The second-order valence-corrected chi connectivity index (χ2v) is 7.54. The van der Waals surface area contributed by atoms with E-state index in [-0.39, 0.29) is 11.8 Å². The van der Waals surface area contributed by atoms with Crippen LogP contribution in [0, 0.1) is 13.8 Å². The lowest BCUT2D eigenvalue weighted by Gasteiger charge is -2.14. The van der Waals surface area contributed by atoms with Crippen molar-refractivity contribution in [2.45, 2.75) is 40.2 Å². The molecule has 1 heterocycles. The highest BCUT2D eigenvalue weighted by Crippen LogP contribution is 2.22. The molecule has 2 aromatic carbocycles. The molecule has 0 aliphatic carbocycles. The van der Waals surface area contributed by atoms with E-state index < -0.39 is 5.97 Å². The molecule has 0 unspecified atom stereocenters. The van der Waals surface area contributed by atoms with Crippen molar-refractivity contribution in [1.82, 2.24) is 9.97 Å². The summed E-state index contributed by atoms with van der Waals surface area (Å²) in [6.45, 7) is 8.28. The van der Waals surface area contributed by atoms with Crippen molar-refractivity contribution in [3.05, 3.63) is 63.8 Å². The Kier molecular flexibility index (Phi) is 6.15. The minimum absolute atomic E-state index is 0.209. The molecule has 6 heteroatoms. The first-order valence-corrected chi connectivity index (χ1v) is 9.69. The van der Waals surface area contributed by atoms with Crippen LogP contribution >= 0.6 is 11.6 Å². The standard InChI is InChI=1S/C22H24ClN3O2/c1-13(2)28-22(27)20-21(24-10-9-16-5-7-17(23)8-6-16)26-19-12-15(4)14(3)11-18(19)25-20/h5-8,11-13H,9-10H2,1-4H3,(H,24,26). The maximum atomic E-state index is 12.6. The second kappa shape index (κ2) is 8.57. The maximum absolute atomic E-state index is 12.6. The number of aromatic nitrogens is 2. The summed E-state index contributed by atoms with van der Waals surface area (Å²) in [5, 5.41) is 3.96. The van der Waals surface area contributed by atoms with Gasteiger partial charge in [-0.15, -0.1) is 0 Å². The lowest BCUT2D eigenvalue weighted by atomic mass is 10.1. The Morgan fingerprint density at radius 1 is 1.07 bits per heavy atom. The molecule has 0 spiro atoms. The summed E-state index contributed by atoms with van der Waals surface area (Å²) in [5.74, 6) is -0.0352. The molecule has 0 bridgehead atoms. The van der Waals surface area contributed by atoms with Crippen LogP contribution in [0.2, 0.25) is 5.02 Å². The second-order valence-electron chi connectivity index (χ2n) is 7.10. The first-order valence-electron chi connectivity index (χ1n) is 9.32. The van der Waals surface area contributed by atoms with Gasteiger partial charge in [-0.05, 0) is 75.1 Å². The Labute approximate surface area is 170 Å². The molecule has 0 atom stereocenters. The highest BCUT2D eigenvalue weighted by atomic mass is 35.5. The van der Waals surface area contributed by atoms with Crippen molar-refractivity contribution in [3.8, 4) is 0 Å². The van der Waals surface area contributed by atoms with Crippen LogP contribution in [0.15, 0.2) is 36.4 Å². The Morgan fingerprint density at radius 2 is 1.68 bits per heavy atom. The number of nitrogens with one attached hydrogen (secondary N) is 1. The highest BCUT2D eigenvalue weighted by Gasteiger charge is 2.19. The predicted octanol–water partition coefficient (Wildman–Crippen LogP) is 5.12. The molecule has 5 nitrogen and oxygen atoms in total. The number of hydrogen-bond acceptors (Lipinski definition) is 5. The number of benzene rings is 2. The smallest absolute Gasteiger partial charge is 0.361 e. The lowest BCUT2D eigenvalue weighted by molar-refractivity contribution is 0.0372. The number of halogens is 1. The SMILES string of the molecule is Cc1cc2nc(NCCc3ccc(Cl)cc3)c(C(=O)OC(C)C)nc2cc1C. The molecule has 0 radical (unpaired) electrons. The van der Waals surface area contributed by atoms with Crippen LogP contribution in [0.3, 0.4) is 0 Å². The number of carbonyl (C=O) groups is 1. The van der Waals surface area contributed by atoms with Crippen LogP contribution in [0.4, 0.5) is 5.82 Å². The number of aryl methyl sites for hydroxylation is 2. The van der Waals surface area contributed by atoms with E-state index in [1.54, 1.807) is 0 Å². The van der Waals surface area contributed by atoms with E-state index in [4.69, 9.17) is 16.3 Å². The minimum atomic E-state index is -0.475. The topological polar surface area (TPSA) is 64.1 Å². The average Bonchev–Trinajstić information content (AvgIpc) is 2.63. The van der Waals surface area contributed by atoms with Crippen LogP contribution in [-0.2, 0) is 11.2 Å². The number of fused-ring (bicyclic) bond motifs is 1. The molecule has 0 saturated heterocycles. The van der Waals surface area contributed by atoms with Crippen molar-refractivity contribution in [2.24, 2.45) is 0 Å². The summed E-state index contributed by atoms with van der Waals surface area (Å²) >= 11 is 5.93. The molecular formula is C22H24ClN3O2. The quantitative estimate of drug-likeness (QED) is 0.585. The van der Waals surface area contributed by atoms with Crippen LogP contribution in [-0.4, -0.2) is 28.6 Å². The monoisotopic (exact) mass is 397 g/mol. The predicted molar refractivity (Wildman–Crippen MR) is 113 cm³/mol. The third-order valence-corrected chi connectivity index (χ3v) is 4.69. The van der Waals surface area contributed by atoms with Gasteiger partial charge >= 0.3 is 5.97 Å². The summed E-state index contributed by atoms with van der Waals surface area (Å²) in [6, 6.07) is 11.6. The maximum Gasteiger partial charge on any atom is 0.361 e. The Balaban J connectivity index is 1.89. The van der Waals surface area contributed by atoms with E-state index in [0.717, 1.165) is 28.6 Å². The molecule has 3 aromatic rings. The third-order valence-electron chi connectivity index (χ3n) is 4.44. The molecule has 0 saturated carbocycles. The van der Waals surface area contributed by atoms with Crippen LogP contribution in [0.1, 0.15) is 41.0 Å². The van der Waals surface area contributed by atoms with Gasteiger partial charge in [0.25, 0.3) is 0 Å². The molecular weight excluding hydrogens is 374 g/mol. The number of nitrogens with zero attached hydrogens (tertiary/aromatic N) is 2. The molecule has 0 aliphatic rings. The lowest BCUT2D eigenvalue weighted by Crippen LogP contribution is -2.18. The summed E-state index contributed by atoms with van der Waals surface area (Å²) in [4.78, 5) is 21.8. The van der Waals surface area contributed by atoms with Gasteiger partial charge < -0.3 is 10.1 Å². The van der Waals surface area contributed by atoms with Crippen LogP contribution in [0.5, 0.6) is 0 Å². The fraction of sp³-hybridized carbons (Fsp3) is 0.318. The molecule has 0 fully saturated rings. The van der Waals surface area contributed by atoms with Crippen molar-refractivity contribution < 1.29 is 9.53 Å². The fourth-order valence-electron chi connectivity index (χ4n) is 2.82. The zero-order valence-electron chi connectivity index (χ0n) is 16.5. The molecule has 3 rings (SSSR count). The first-order chi connectivity index (χ1) is 13.3. The summed E-state index contributed by atoms with van der Waals surface area (Å²) in [6.07, 6.45) is 0.536. The van der Waals surface area contributed by atoms with Gasteiger partial charge in [-0.25, -0.2) is 14.8 Å². The van der Waals surface area contributed by atoms with Gasteiger partial charge in [0.15, 0.2) is 11.5 Å². The summed E-state index contributed by atoms with van der Waals surface area (Å²) < 4.78 is 5.36. The van der Waals surface area contributed by atoms with E-state index in [2.05, 4.69) is 15.3 Å². The number of anilines is 1. The van der Waals surface area contributed by atoms with Gasteiger partial charge in [-0.3, -0.25) is 0 Å². The van der Waals surface area contributed by atoms with E-state index in [9.17, 15) is 4.79 Å². The number of esters is 1. The fourth-order valence-corrected chi connectivity index (χ4v) is 2.95. The van der Waals surface area contributed by atoms with Gasteiger partial charge in [-0.1, -0.05) is 23.7 Å². The summed E-state index contributed by atoms with van der Waals surface area (Å²) in [7, 11) is 0. The van der Waals surface area contributed by atoms with Crippen molar-refractivity contribution in [3.63, 3.8) is 0 Å². The van der Waals surface area contributed by atoms with E-state index >= 15 is 0 Å². The average molecular weight is 398 g/mol. The van der Waals surface area contributed by atoms with Crippen LogP contribution < -0.4 is 5.32 Å². The molecule has 0 amide bonds. The van der Waals surface area contributed by atoms with Gasteiger partial charge in [0.05, 0.1) is 17.1 Å². The molecule has 1 N–H and O–H groups in total. The zero-order chi connectivity index (χ0) is 20.3. The van der Waals surface area contributed by atoms with Gasteiger partial charge in [-0.2, -0.15) is 0 Å². The summed E-state index contributed by atoms with van der Waals surface area (Å²) in [5.41, 5.74) is 5.02. The number of carbonyl (C=O) groups excluding carboxylic acids is 1. The molecule has 0 aliphatic heterocycles. The minimum Gasteiger partial charge on any atom is -0.458 e. The third kappa shape index (κ3) is 4.78. The van der Waals surface area contributed by atoms with Gasteiger partial charge in [0.2, 0.25) is 0 Å². The number of ether oxygens (including phenoxy) is 1. The van der Waals surface area contributed by atoms with E-state index in [1.165, 1.54) is 0 Å². The van der Waals surface area contributed by atoms with Gasteiger partial charge in [0.1, 0.15) is 0 Å². The van der Waals surface area contributed by atoms with E-state index in [1.807, 2.05) is 64.1 Å². The van der Waals surface area contributed by atoms with Crippen molar-refractivity contribution in [2.75, 3.05) is 11.9 Å². The van der Waals surface area contributed by atoms with E-state index in [0.29, 0.717) is 22.9 Å². The number of hydrogen-bond donors (Lipinski definition) is 1. The highest BCUT2D eigenvalue weighted by molar-refractivity contribution is 6.30. The molecule has 28 heavy (non-hydrogen) atoms. The Hall–Kier alpha value is -2.66. The first kappa shape index (κ1) is 20.1. The Morgan fingerprint density at radius 3 is 2.29 bits per heavy atom. The Bertz CT molecular complexity index is 1000.